The first kappa shape index (κ1) is 8.83. The summed E-state index contributed by atoms with van der Waals surface area (Å²) in [6.07, 6.45) is 10.3. The van der Waals surface area contributed by atoms with Crippen molar-refractivity contribution in [3.8, 4) is 0 Å². The van der Waals surface area contributed by atoms with Crippen LogP contribution in [0.5, 0.6) is 0 Å². The molecule has 0 nitrogen and oxygen atoms in total. The molecule has 1 atom stereocenters. The zero-order valence-corrected chi connectivity index (χ0v) is 8.06. The second kappa shape index (κ2) is 3.42. The zero-order chi connectivity index (χ0) is 8.32. The van der Waals surface area contributed by atoms with Gasteiger partial charge in [0.2, 0.25) is 0 Å². The summed E-state index contributed by atoms with van der Waals surface area (Å²) in [6, 6.07) is 0. The van der Waals surface area contributed by atoms with Gasteiger partial charge in [-0.15, -0.1) is 0 Å². The van der Waals surface area contributed by atoms with Crippen LogP contribution in [0.15, 0.2) is 12.2 Å². The van der Waals surface area contributed by atoms with E-state index in [0.29, 0.717) is 5.41 Å². The summed E-state index contributed by atoms with van der Waals surface area (Å²) < 4.78 is 0. The Kier molecular flexibility index (Phi) is 2.75. The highest BCUT2D eigenvalue weighted by Gasteiger charge is 2.15. The lowest BCUT2D eigenvalue weighted by Gasteiger charge is -2.23. The fourth-order valence-corrected chi connectivity index (χ4v) is 1.65. The van der Waals surface area contributed by atoms with Crippen LogP contribution in [0.3, 0.4) is 0 Å². The van der Waals surface area contributed by atoms with Gasteiger partial charge in [-0.25, -0.2) is 0 Å². The van der Waals surface area contributed by atoms with Gasteiger partial charge in [-0.2, -0.15) is 0 Å². The van der Waals surface area contributed by atoms with Crippen molar-refractivity contribution >= 4 is 0 Å². The maximum absolute atomic E-state index is 2.40. The molecule has 0 aromatic heterocycles. The van der Waals surface area contributed by atoms with E-state index in [1.54, 1.807) is 0 Å². The van der Waals surface area contributed by atoms with E-state index in [-0.39, 0.29) is 0 Å². The summed E-state index contributed by atoms with van der Waals surface area (Å²) in [5.74, 6) is 0.801. The summed E-state index contributed by atoms with van der Waals surface area (Å²) in [4.78, 5) is 0. The Balaban J connectivity index is 2.58. The minimum atomic E-state index is 0.453. The van der Waals surface area contributed by atoms with Crippen molar-refractivity contribution in [3.05, 3.63) is 12.2 Å². The molecule has 0 aromatic carbocycles. The molecule has 0 bridgehead atoms. The van der Waals surface area contributed by atoms with Crippen LogP contribution in [0, 0.1) is 11.3 Å². The Labute approximate surface area is 70.7 Å². The molecule has 1 unspecified atom stereocenters. The highest BCUT2D eigenvalue weighted by molar-refractivity contribution is 4.98. The number of hydrogen-bond acceptors (Lipinski definition) is 0. The van der Waals surface area contributed by atoms with E-state index < -0.39 is 0 Å². The van der Waals surface area contributed by atoms with Crippen molar-refractivity contribution in [2.45, 2.75) is 46.5 Å². The Morgan fingerprint density at radius 1 is 1.27 bits per heavy atom. The fraction of sp³-hybridized carbons (Fsp3) is 0.818. The molecular weight excluding hydrogens is 132 g/mol. The van der Waals surface area contributed by atoms with Crippen LogP contribution in [0.4, 0.5) is 0 Å². The van der Waals surface area contributed by atoms with Crippen molar-refractivity contribution in [3.63, 3.8) is 0 Å². The molecule has 0 N–H and O–H groups in total. The Hall–Kier alpha value is -0.260. The number of rotatable bonds is 0. The van der Waals surface area contributed by atoms with Crippen LogP contribution < -0.4 is 0 Å². The van der Waals surface area contributed by atoms with Crippen molar-refractivity contribution in [1.82, 2.24) is 0 Å². The SMILES string of the molecule is CC1/C=C\C(C)(C)CCCC1. The summed E-state index contributed by atoms with van der Waals surface area (Å²) >= 11 is 0. The van der Waals surface area contributed by atoms with Crippen molar-refractivity contribution < 1.29 is 0 Å². The molecule has 1 aliphatic carbocycles. The van der Waals surface area contributed by atoms with E-state index in [0.717, 1.165) is 5.92 Å². The van der Waals surface area contributed by atoms with Crippen LogP contribution in [0.25, 0.3) is 0 Å². The smallest absolute Gasteiger partial charge is 0.0175 e. The lowest BCUT2D eigenvalue weighted by molar-refractivity contribution is 0.387. The first-order valence-electron chi connectivity index (χ1n) is 4.79. The predicted octanol–water partition coefficient (Wildman–Crippen LogP) is 3.78. The van der Waals surface area contributed by atoms with Gasteiger partial charge in [0.15, 0.2) is 0 Å². The standard InChI is InChI=1S/C11H20/c1-10-6-4-5-8-11(2,3)9-7-10/h7,9-10H,4-6,8H2,1-3H3/b9-7-. The quantitative estimate of drug-likeness (QED) is 0.463. The Morgan fingerprint density at radius 2 is 2.00 bits per heavy atom. The van der Waals surface area contributed by atoms with Gasteiger partial charge in [-0.1, -0.05) is 45.8 Å². The van der Waals surface area contributed by atoms with E-state index in [4.69, 9.17) is 0 Å². The third kappa shape index (κ3) is 3.09. The lowest BCUT2D eigenvalue weighted by atomic mass is 9.82. The van der Waals surface area contributed by atoms with Gasteiger partial charge < -0.3 is 0 Å². The minimum Gasteiger partial charge on any atom is -0.0852 e. The molecule has 11 heavy (non-hydrogen) atoms. The van der Waals surface area contributed by atoms with Crippen LogP contribution >= 0.6 is 0 Å². The molecule has 0 fully saturated rings. The summed E-state index contributed by atoms with van der Waals surface area (Å²) in [7, 11) is 0. The molecule has 0 heteroatoms. The average Bonchev–Trinajstić information content (AvgIpc) is 1.92. The molecule has 0 radical (unpaired) electrons. The van der Waals surface area contributed by atoms with Crippen LogP contribution in [0.1, 0.15) is 46.5 Å². The molecule has 0 saturated heterocycles. The fourth-order valence-electron chi connectivity index (χ4n) is 1.65. The van der Waals surface area contributed by atoms with Gasteiger partial charge in [0, 0.05) is 0 Å². The number of hydrogen-bond donors (Lipinski definition) is 0. The second-order valence-corrected chi connectivity index (χ2v) is 4.57. The molecule has 64 valence electrons. The highest BCUT2D eigenvalue weighted by atomic mass is 14.2. The molecule has 0 aromatic rings. The molecule has 0 saturated carbocycles. The van der Waals surface area contributed by atoms with E-state index in [1.165, 1.54) is 25.7 Å². The Bertz CT molecular complexity index is 142. The largest absolute Gasteiger partial charge is 0.0852 e. The third-order valence-electron chi connectivity index (χ3n) is 2.61. The van der Waals surface area contributed by atoms with Gasteiger partial charge in [0.05, 0.1) is 0 Å². The normalized spacial score (nSPS) is 33.9. The molecule has 1 aliphatic rings. The van der Waals surface area contributed by atoms with Gasteiger partial charge in [-0.3, -0.25) is 0 Å². The second-order valence-electron chi connectivity index (χ2n) is 4.57. The molecular formula is C11H20. The summed E-state index contributed by atoms with van der Waals surface area (Å²) in [5.41, 5.74) is 0.453. The maximum atomic E-state index is 2.40. The zero-order valence-electron chi connectivity index (χ0n) is 8.06. The summed E-state index contributed by atoms with van der Waals surface area (Å²) in [5, 5.41) is 0. The molecule has 0 aliphatic heterocycles. The lowest BCUT2D eigenvalue weighted by Crippen LogP contribution is -2.10. The maximum Gasteiger partial charge on any atom is -0.0175 e. The monoisotopic (exact) mass is 152 g/mol. The van der Waals surface area contributed by atoms with Crippen LogP contribution in [0.2, 0.25) is 0 Å². The topological polar surface area (TPSA) is 0 Å². The van der Waals surface area contributed by atoms with E-state index >= 15 is 0 Å². The van der Waals surface area contributed by atoms with Crippen LogP contribution in [-0.4, -0.2) is 0 Å². The van der Waals surface area contributed by atoms with Crippen molar-refractivity contribution in [1.29, 1.82) is 0 Å². The van der Waals surface area contributed by atoms with Gasteiger partial charge in [0.25, 0.3) is 0 Å². The van der Waals surface area contributed by atoms with Crippen molar-refractivity contribution in [2.24, 2.45) is 11.3 Å². The first-order chi connectivity index (χ1) is 5.10. The average molecular weight is 152 g/mol. The molecule has 0 spiro atoms. The van der Waals surface area contributed by atoms with Crippen LogP contribution in [-0.2, 0) is 0 Å². The van der Waals surface area contributed by atoms with E-state index in [9.17, 15) is 0 Å². The minimum absolute atomic E-state index is 0.453. The highest BCUT2D eigenvalue weighted by Crippen LogP contribution is 2.29. The summed E-state index contributed by atoms with van der Waals surface area (Å²) in [6.45, 7) is 6.99. The first-order valence-corrected chi connectivity index (χ1v) is 4.79. The van der Waals surface area contributed by atoms with Gasteiger partial charge >= 0.3 is 0 Å². The molecule has 1 rings (SSSR count). The predicted molar refractivity (Wildman–Crippen MR) is 50.6 cm³/mol. The third-order valence-corrected chi connectivity index (χ3v) is 2.61. The van der Waals surface area contributed by atoms with Gasteiger partial charge in [0.1, 0.15) is 0 Å². The van der Waals surface area contributed by atoms with E-state index in [2.05, 4.69) is 32.9 Å². The van der Waals surface area contributed by atoms with E-state index in [1.807, 2.05) is 0 Å². The Morgan fingerprint density at radius 3 is 2.73 bits per heavy atom. The number of allylic oxidation sites excluding steroid dienone is 2. The molecule has 0 heterocycles. The van der Waals surface area contributed by atoms with Gasteiger partial charge in [-0.05, 0) is 24.2 Å². The van der Waals surface area contributed by atoms with Crippen molar-refractivity contribution in [2.75, 3.05) is 0 Å². The molecule has 0 amide bonds.